The molecule has 0 atom stereocenters. The predicted molar refractivity (Wildman–Crippen MR) is 79.8 cm³/mol. The van der Waals surface area contributed by atoms with Crippen molar-refractivity contribution in [2.45, 2.75) is 6.42 Å². The molecule has 0 spiro atoms. The molecule has 2 N–H and O–H groups in total. The number of methoxy groups -OCH3 is 1. The lowest BCUT2D eigenvalue weighted by Crippen LogP contribution is -2.39. The van der Waals surface area contributed by atoms with Crippen LogP contribution in [0.3, 0.4) is 0 Å². The summed E-state index contributed by atoms with van der Waals surface area (Å²) >= 11 is 0. The molecule has 0 heterocycles. The number of nitrogens with one attached hydrogen (secondary N) is 1. The highest BCUT2D eigenvalue weighted by atomic mass is 19.1. The number of benzene rings is 1. The van der Waals surface area contributed by atoms with Gasteiger partial charge in [0, 0.05) is 27.3 Å². The number of carboxylic acids is 1. The lowest BCUT2D eigenvalue weighted by Gasteiger charge is -2.17. The van der Waals surface area contributed by atoms with Gasteiger partial charge in [0.2, 0.25) is 5.91 Å². The van der Waals surface area contributed by atoms with E-state index in [0.29, 0.717) is 19.6 Å². The van der Waals surface area contributed by atoms with Crippen LogP contribution in [0.2, 0.25) is 0 Å². The molecule has 0 aliphatic rings. The Labute approximate surface area is 133 Å². The first-order chi connectivity index (χ1) is 10.9. The number of nitrogens with zero attached hydrogens (tertiary/aromatic N) is 1. The van der Waals surface area contributed by atoms with Gasteiger partial charge in [0.05, 0.1) is 17.7 Å². The van der Waals surface area contributed by atoms with Crippen LogP contribution in [0.25, 0.3) is 0 Å². The fourth-order valence-corrected chi connectivity index (χ4v) is 1.81. The van der Waals surface area contributed by atoms with Gasteiger partial charge in [0.15, 0.2) is 0 Å². The van der Waals surface area contributed by atoms with Crippen molar-refractivity contribution in [2.75, 3.05) is 33.9 Å². The summed E-state index contributed by atoms with van der Waals surface area (Å²) in [6.07, 6.45) is 0.644. The monoisotopic (exact) mass is 326 g/mol. The molecule has 0 radical (unpaired) electrons. The quantitative estimate of drug-likeness (QED) is 0.687. The van der Waals surface area contributed by atoms with Crippen molar-refractivity contribution in [3.8, 4) is 0 Å². The van der Waals surface area contributed by atoms with E-state index < -0.39 is 17.7 Å². The van der Waals surface area contributed by atoms with Crippen molar-refractivity contribution in [3.63, 3.8) is 0 Å². The Kier molecular flexibility index (Phi) is 7.14. The van der Waals surface area contributed by atoms with E-state index in [1.54, 1.807) is 7.11 Å². The van der Waals surface area contributed by atoms with Crippen LogP contribution in [-0.2, 0) is 9.53 Å². The van der Waals surface area contributed by atoms with Gasteiger partial charge in [0.1, 0.15) is 5.82 Å². The summed E-state index contributed by atoms with van der Waals surface area (Å²) in [7, 11) is 2.92. The molecular formula is C15H19FN2O5. The Balaban J connectivity index is 2.63. The first kappa shape index (κ1) is 18.6. The predicted octanol–water partition coefficient (Wildman–Crippen LogP) is 0.749. The van der Waals surface area contributed by atoms with E-state index in [1.165, 1.54) is 7.05 Å². The Hall–Kier alpha value is -2.48. The van der Waals surface area contributed by atoms with Crippen molar-refractivity contribution in [2.24, 2.45) is 0 Å². The van der Waals surface area contributed by atoms with Gasteiger partial charge in [-0.2, -0.15) is 0 Å². The smallest absolute Gasteiger partial charge is 0.335 e. The molecule has 0 bridgehead atoms. The summed E-state index contributed by atoms with van der Waals surface area (Å²) in [5.41, 5.74) is -0.540. The number of carboxylic acid groups (broad SMARTS) is 1. The van der Waals surface area contributed by atoms with Gasteiger partial charge in [-0.05, 0) is 24.6 Å². The van der Waals surface area contributed by atoms with Crippen LogP contribution in [0.1, 0.15) is 27.1 Å². The molecular weight excluding hydrogens is 307 g/mol. The Bertz CT molecular complexity index is 591. The fourth-order valence-electron chi connectivity index (χ4n) is 1.81. The largest absolute Gasteiger partial charge is 0.478 e. The van der Waals surface area contributed by atoms with E-state index >= 15 is 0 Å². The van der Waals surface area contributed by atoms with Gasteiger partial charge in [-0.1, -0.05) is 0 Å². The zero-order valence-corrected chi connectivity index (χ0v) is 13.0. The van der Waals surface area contributed by atoms with Crippen LogP contribution in [0, 0.1) is 5.82 Å². The van der Waals surface area contributed by atoms with Gasteiger partial charge in [-0.25, -0.2) is 9.18 Å². The van der Waals surface area contributed by atoms with E-state index in [4.69, 9.17) is 9.84 Å². The van der Waals surface area contributed by atoms with Gasteiger partial charge in [0.25, 0.3) is 5.91 Å². The highest BCUT2D eigenvalue weighted by Crippen LogP contribution is 2.12. The normalized spacial score (nSPS) is 10.2. The molecule has 126 valence electrons. The number of likely N-dealkylation sites (N-methyl/N-ethyl adjacent to an activating group) is 1. The molecule has 0 saturated carbocycles. The molecule has 1 aromatic carbocycles. The number of amides is 2. The Morgan fingerprint density at radius 1 is 1.35 bits per heavy atom. The average molecular weight is 326 g/mol. The summed E-state index contributed by atoms with van der Waals surface area (Å²) in [5.74, 6) is -3.31. The second-order valence-electron chi connectivity index (χ2n) is 4.86. The average Bonchev–Trinajstić information content (AvgIpc) is 2.50. The lowest BCUT2D eigenvalue weighted by atomic mass is 10.1. The minimum atomic E-state index is -1.29. The number of halogens is 1. The van der Waals surface area contributed by atoms with Gasteiger partial charge < -0.3 is 20.1 Å². The third kappa shape index (κ3) is 5.67. The van der Waals surface area contributed by atoms with Crippen molar-refractivity contribution in [1.29, 1.82) is 0 Å². The molecule has 8 heteroatoms. The molecule has 0 aromatic heterocycles. The lowest BCUT2D eigenvalue weighted by molar-refractivity contribution is -0.121. The minimum absolute atomic E-state index is 0.230. The topological polar surface area (TPSA) is 95.9 Å². The molecule has 0 aliphatic heterocycles. The maximum atomic E-state index is 13.8. The maximum absolute atomic E-state index is 13.8. The van der Waals surface area contributed by atoms with E-state index in [0.717, 1.165) is 23.1 Å². The summed E-state index contributed by atoms with van der Waals surface area (Å²) in [4.78, 5) is 35.6. The molecule has 0 unspecified atom stereocenters. The molecule has 0 fully saturated rings. The number of rotatable bonds is 8. The summed E-state index contributed by atoms with van der Waals surface area (Å²) < 4.78 is 18.7. The number of hydrogen-bond acceptors (Lipinski definition) is 4. The van der Waals surface area contributed by atoms with Crippen molar-refractivity contribution in [3.05, 3.63) is 35.1 Å². The van der Waals surface area contributed by atoms with Crippen molar-refractivity contribution >= 4 is 17.8 Å². The molecule has 0 aliphatic carbocycles. The second kappa shape index (κ2) is 8.84. The molecule has 2 amide bonds. The van der Waals surface area contributed by atoms with Crippen LogP contribution >= 0.6 is 0 Å². The Morgan fingerprint density at radius 2 is 2.04 bits per heavy atom. The summed E-state index contributed by atoms with van der Waals surface area (Å²) in [6.45, 7) is 0.693. The van der Waals surface area contributed by atoms with E-state index in [9.17, 15) is 18.8 Å². The first-order valence-corrected chi connectivity index (χ1v) is 6.90. The second-order valence-corrected chi connectivity index (χ2v) is 4.86. The molecule has 1 rings (SSSR count). The van der Waals surface area contributed by atoms with Crippen LogP contribution in [0.15, 0.2) is 18.2 Å². The maximum Gasteiger partial charge on any atom is 0.335 e. The zero-order valence-electron chi connectivity index (χ0n) is 13.0. The number of aromatic carboxylic acids is 1. The number of carbonyl (C=O) groups is 3. The number of hydrogen-bond donors (Lipinski definition) is 2. The highest BCUT2D eigenvalue weighted by Gasteiger charge is 2.19. The number of ether oxygens (including phenoxy) is 1. The van der Waals surface area contributed by atoms with E-state index in [2.05, 4.69) is 5.32 Å². The van der Waals surface area contributed by atoms with Crippen LogP contribution < -0.4 is 5.32 Å². The first-order valence-electron chi connectivity index (χ1n) is 6.90. The van der Waals surface area contributed by atoms with E-state index in [1.807, 2.05) is 0 Å². The molecule has 23 heavy (non-hydrogen) atoms. The SMILES string of the molecule is COCCCNC(=O)CN(C)C(=O)c1ccc(C(=O)O)cc1F. The minimum Gasteiger partial charge on any atom is -0.478 e. The van der Waals surface area contributed by atoms with E-state index in [-0.39, 0.29) is 23.6 Å². The van der Waals surface area contributed by atoms with Crippen LogP contribution in [0.5, 0.6) is 0 Å². The summed E-state index contributed by atoms with van der Waals surface area (Å²) in [6, 6.07) is 3.00. The molecule has 7 nitrogen and oxygen atoms in total. The fraction of sp³-hybridized carbons (Fsp3) is 0.400. The molecule has 1 aromatic rings. The van der Waals surface area contributed by atoms with Crippen LogP contribution in [-0.4, -0.2) is 61.6 Å². The van der Waals surface area contributed by atoms with Gasteiger partial charge in [-0.3, -0.25) is 9.59 Å². The Morgan fingerprint density at radius 3 is 2.61 bits per heavy atom. The van der Waals surface area contributed by atoms with Crippen molar-refractivity contribution < 1.29 is 28.6 Å². The van der Waals surface area contributed by atoms with Gasteiger partial charge in [-0.15, -0.1) is 0 Å². The summed E-state index contributed by atoms with van der Waals surface area (Å²) in [5, 5.41) is 11.4. The zero-order chi connectivity index (χ0) is 17.4. The van der Waals surface area contributed by atoms with Crippen molar-refractivity contribution in [1.82, 2.24) is 10.2 Å². The van der Waals surface area contributed by atoms with Crippen LogP contribution in [0.4, 0.5) is 4.39 Å². The standard InChI is InChI=1S/C15H19FN2O5/c1-18(9-13(19)17-6-3-7-23-2)14(20)11-5-4-10(15(21)22)8-12(11)16/h4-5,8H,3,6-7,9H2,1-2H3,(H,17,19)(H,21,22). The van der Waals surface area contributed by atoms with Gasteiger partial charge >= 0.3 is 5.97 Å². The number of carbonyl (C=O) groups excluding carboxylic acids is 2. The molecule has 0 saturated heterocycles. The third-order valence-corrected chi connectivity index (χ3v) is 3.02. The third-order valence-electron chi connectivity index (χ3n) is 3.02. The highest BCUT2D eigenvalue weighted by molar-refractivity contribution is 5.97.